The molecule has 1 N–H and O–H groups in total. The summed E-state index contributed by atoms with van der Waals surface area (Å²) in [5.41, 5.74) is 2.71. The highest BCUT2D eigenvalue weighted by molar-refractivity contribution is 6.04. The first-order chi connectivity index (χ1) is 12.6. The summed E-state index contributed by atoms with van der Waals surface area (Å²) in [6, 6.07) is 15.4. The van der Waals surface area contributed by atoms with Crippen LogP contribution >= 0.6 is 0 Å². The van der Waals surface area contributed by atoms with Crippen LogP contribution in [0.3, 0.4) is 0 Å². The molecular weight excluding hydrogens is 324 g/mol. The largest absolute Gasteiger partial charge is 0.494 e. The van der Waals surface area contributed by atoms with Gasteiger partial charge in [0.05, 0.1) is 6.61 Å². The Labute approximate surface area is 156 Å². The highest BCUT2D eigenvalue weighted by Gasteiger charge is 2.15. The third-order valence-corrected chi connectivity index (χ3v) is 4.92. The molecule has 1 saturated heterocycles. The van der Waals surface area contributed by atoms with Gasteiger partial charge in [-0.05, 0) is 80.7 Å². The normalized spacial score (nSPS) is 15.6. The summed E-state index contributed by atoms with van der Waals surface area (Å²) in [5.74, 6) is 1.56. The zero-order valence-corrected chi connectivity index (χ0v) is 15.7. The fourth-order valence-electron chi connectivity index (χ4n) is 3.24. The van der Waals surface area contributed by atoms with Crippen LogP contribution in [0.1, 0.15) is 42.6 Å². The number of ether oxygens (including phenoxy) is 1. The molecule has 1 fully saturated rings. The minimum Gasteiger partial charge on any atom is -0.494 e. The molecule has 0 atom stereocenters. The molecule has 2 aromatic carbocycles. The first-order valence-electron chi connectivity index (χ1n) is 9.49. The fourth-order valence-corrected chi connectivity index (χ4v) is 3.24. The summed E-state index contributed by atoms with van der Waals surface area (Å²) in [5, 5.41) is 2.93. The Hall–Kier alpha value is -2.33. The Kier molecular flexibility index (Phi) is 6.29. The van der Waals surface area contributed by atoms with Gasteiger partial charge in [0.2, 0.25) is 0 Å². The summed E-state index contributed by atoms with van der Waals surface area (Å²) >= 11 is 0. The van der Waals surface area contributed by atoms with Crippen molar-refractivity contribution in [3.8, 4) is 5.75 Å². The van der Waals surface area contributed by atoms with Crippen LogP contribution in [0.25, 0.3) is 0 Å². The number of piperidine rings is 1. The molecule has 0 aromatic heterocycles. The van der Waals surface area contributed by atoms with Crippen molar-refractivity contribution in [2.24, 2.45) is 5.92 Å². The second kappa shape index (κ2) is 8.86. The SMILES string of the molecule is CCOc1ccc(NC(=O)c2ccc(CN3CCC(C)CC3)cc2)cc1. The van der Waals surface area contributed by atoms with Gasteiger partial charge in [0.1, 0.15) is 5.75 Å². The van der Waals surface area contributed by atoms with E-state index in [9.17, 15) is 4.79 Å². The van der Waals surface area contributed by atoms with Crippen molar-refractivity contribution in [3.05, 3.63) is 59.7 Å². The van der Waals surface area contributed by atoms with Crippen LogP contribution in [0, 0.1) is 5.92 Å². The van der Waals surface area contributed by atoms with E-state index in [4.69, 9.17) is 4.74 Å². The number of carbonyl (C=O) groups excluding carboxylic acids is 1. The minimum atomic E-state index is -0.0903. The zero-order valence-electron chi connectivity index (χ0n) is 15.7. The maximum absolute atomic E-state index is 12.4. The molecule has 1 aliphatic rings. The van der Waals surface area contributed by atoms with Gasteiger partial charge in [0.25, 0.3) is 5.91 Å². The second-order valence-electron chi connectivity index (χ2n) is 7.07. The minimum absolute atomic E-state index is 0.0903. The maximum atomic E-state index is 12.4. The Morgan fingerprint density at radius 1 is 1.08 bits per heavy atom. The van der Waals surface area contributed by atoms with Crippen LogP contribution in [0.4, 0.5) is 5.69 Å². The van der Waals surface area contributed by atoms with E-state index in [1.54, 1.807) is 0 Å². The number of nitrogens with one attached hydrogen (secondary N) is 1. The van der Waals surface area contributed by atoms with Crippen molar-refractivity contribution >= 4 is 11.6 Å². The lowest BCUT2D eigenvalue weighted by Crippen LogP contribution is -2.32. The molecule has 138 valence electrons. The maximum Gasteiger partial charge on any atom is 0.255 e. The van der Waals surface area contributed by atoms with E-state index in [2.05, 4.69) is 29.3 Å². The van der Waals surface area contributed by atoms with Crippen LogP contribution < -0.4 is 10.1 Å². The van der Waals surface area contributed by atoms with Crippen LogP contribution in [0.2, 0.25) is 0 Å². The first-order valence-corrected chi connectivity index (χ1v) is 9.49. The standard InChI is InChI=1S/C22H28N2O2/c1-3-26-21-10-8-20(9-11-21)23-22(25)19-6-4-18(5-7-19)16-24-14-12-17(2)13-15-24/h4-11,17H,3,12-16H2,1-2H3,(H,23,25). The summed E-state index contributed by atoms with van der Waals surface area (Å²) in [6.07, 6.45) is 2.56. The van der Waals surface area contributed by atoms with Gasteiger partial charge < -0.3 is 10.1 Å². The van der Waals surface area contributed by atoms with Crippen molar-refractivity contribution in [2.45, 2.75) is 33.2 Å². The van der Waals surface area contributed by atoms with Crippen molar-refractivity contribution in [2.75, 3.05) is 25.0 Å². The van der Waals surface area contributed by atoms with Gasteiger partial charge in [-0.15, -0.1) is 0 Å². The lowest BCUT2D eigenvalue weighted by Gasteiger charge is -2.30. The predicted octanol–water partition coefficient (Wildman–Crippen LogP) is 4.57. The highest BCUT2D eigenvalue weighted by Crippen LogP contribution is 2.19. The molecule has 0 bridgehead atoms. The van der Waals surface area contributed by atoms with Crippen molar-refractivity contribution < 1.29 is 9.53 Å². The number of hydrogen-bond acceptors (Lipinski definition) is 3. The molecule has 0 aliphatic carbocycles. The summed E-state index contributed by atoms with van der Waals surface area (Å²) in [4.78, 5) is 14.9. The van der Waals surface area contributed by atoms with Gasteiger partial charge >= 0.3 is 0 Å². The number of benzene rings is 2. The predicted molar refractivity (Wildman–Crippen MR) is 106 cm³/mol. The van der Waals surface area contributed by atoms with E-state index < -0.39 is 0 Å². The van der Waals surface area contributed by atoms with E-state index in [1.165, 1.54) is 31.5 Å². The topological polar surface area (TPSA) is 41.6 Å². The molecule has 4 nitrogen and oxygen atoms in total. The number of anilines is 1. The van der Waals surface area contributed by atoms with Crippen molar-refractivity contribution in [1.29, 1.82) is 0 Å². The number of hydrogen-bond donors (Lipinski definition) is 1. The highest BCUT2D eigenvalue weighted by atomic mass is 16.5. The lowest BCUT2D eigenvalue weighted by atomic mass is 9.99. The van der Waals surface area contributed by atoms with Crippen molar-refractivity contribution in [1.82, 2.24) is 4.90 Å². The molecule has 0 saturated carbocycles. The van der Waals surface area contributed by atoms with E-state index in [0.29, 0.717) is 12.2 Å². The summed E-state index contributed by atoms with van der Waals surface area (Å²) in [7, 11) is 0. The third kappa shape index (κ3) is 5.09. The molecule has 0 spiro atoms. The lowest BCUT2D eigenvalue weighted by molar-refractivity contribution is 0.102. The number of nitrogens with zero attached hydrogens (tertiary/aromatic N) is 1. The van der Waals surface area contributed by atoms with Gasteiger partial charge in [-0.2, -0.15) is 0 Å². The molecule has 26 heavy (non-hydrogen) atoms. The number of amides is 1. The van der Waals surface area contributed by atoms with Crippen molar-refractivity contribution in [3.63, 3.8) is 0 Å². The molecule has 1 heterocycles. The van der Waals surface area contributed by atoms with Crippen LogP contribution in [-0.4, -0.2) is 30.5 Å². The smallest absolute Gasteiger partial charge is 0.255 e. The van der Waals surface area contributed by atoms with Gasteiger partial charge in [-0.3, -0.25) is 9.69 Å². The van der Waals surface area contributed by atoms with E-state index in [0.717, 1.165) is 23.9 Å². The summed E-state index contributed by atoms with van der Waals surface area (Å²) in [6.45, 7) is 8.21. The Morgan fingerprint density at radius 2 is 1.73 bits per heavy atom. The van der Waals surface area contributed by atoms with E-state index >= 15 is 0 Å². The molecule has 0 radical (unpaired) electrons. The molecule has 2 aromatic rings. The molecular formula is C22H28N2O2. The Bertz CT molecular complexity index is 702. The first kappa shape index (κ1) is 18.5. The van der Waals surface area contributed by atoms with Crippen LogP contribution in [-0.2, 0) is 6.54 Å². The zero-order chi connectivity index (χ0) is 18.4. The van der Waals surface area contributed by atoms with E-state index in [1.807, 2.05) is 43.3 Å². The van der Waals surface area contributed by atoms with Gasteiger partial charge in [-0.1, -0.05) is 19.1 Å². The molecule has 4 heteroatoms. The number of likely N-dealkylation sites (tertiary alicyclic amines) is 1. The van der Waals surface area contributed by atoms with E-state index in [-0.39, 0.29) is 5.91 Å². The molecule has 1 amide bonds. The Balaban J connectivity index is 1.54. The van der Waals surface area contributed by atoms with Gasteiger partial charge in [-0.25, -0.2) is 0 Å². The monoisotopic (exact) mass is 352 g/mol. The number of carbonyl (C=O) groups is 1. The quantitative estimate of drug-likeness (QED) is 0.828. The van der Waals surface area contributed by atoms with Gasteiger partial charge in [0, 0.05) is 17.8 Å². The fraction of sp³-hybridized carbons (Fsp3) is 0.409. The average molecular weight is 352 g/mol. The molecule has 1 aliphatic heterocycles. The molecule has 3 rings (SSSR count). The number of rotatable bonds is 6. The van der Waals surface area contributed by atoms with Gasteiger partial charge in [0.15, 0.2) is 0 Å². The Morgan fingerprint density at radius 3 is 2.35 bits per heavy atom. The van der Waals surface area contributed by atoms with Crippen LogP contribution in [0.15, 0.2) is 48.5 Å². The summed E-state index contributed by atoms with van der Waals surface area (Å²) < 4.78 is 5.42. The average Bonchev–Trinajstić information content (AvgIpc) is 2.66. The molecule has 0 unspecified atom stereocenters. The second-order valence-corrected chi connectivity index (χ2v) is 7.07. The third-order valence-electron chi connectivity index (χ3n) is 4.92. The van der Waals surface area contributed by atoms with Crippen LogP contribution in [0.5, 0.6) is 5.75 Å².